The van der Waals surface area contributed by atoms with E-state index in [-0.39, 0.29) is 11.5 Å². The van der Waals surface area contributed by atoms with Crippen LogP contribution in [0.15, 0.2) is 39.5 Å². The first-order valence-electron chi connectivity index (χ1n) is 4.95. The minimum atomic E-state index is -0.320. The van der Waals surface area contributed by atoms with Crippen LogP contribution in [0.5, 0.6) is 0 Å². The lowest BCUT2D eigenvalue weighted by Gasteiger charge is -2.10. The Morgan fingerprint density at radius 1 is 1.33 bits per heavy atom. The summed E-state index contributed by atoms with van der Waals surface area (Å²) in [5.41, 5.74) is 6.94. The van der Waals surface area contributed by atoms with Crippen molar-refractivity contribution in [3.05, 3.63) is 46.3 Å². The minimum Gasteiger partial charge on any atom is -0.422 e. The van der Waals surface area contributed by atoms with Gasteiger partial charge in [-0.1, -0.05) is 25.1 Å². The highest BCUT2D eigenvalue weighted by molar-refractivity contribution is 5.80. The molecule has 2 rings (SSSR count). The van der Waals surface area contributed by atoms with Crippen LogP contribution in [0.1, 0.15) is 18.4 Å². The molecule has 1 aromatic carbocycles. The fraction of sp³-hybridized carbons (Fsp3) is 0.250. The Bertz CT molecular complexity index is 530. The summed E-state index contributed by atoms with van der Waals surface area (Å²) < 4.78 is 5.20. The lowest BCUT2D eigenvalue weighted by molar-refractivity contribution is 0.553. The van der Waals surface area contributed by atoms with E-state index in [9.17, 15) is 4.79 Å². The molecule has 15 heavy (non-hydrogen) atoms. The van der Waals surface area contributed by atoms with E-state index in [1.165, 1.54) is 6.07 Å². The van der Waals surface area contributed by atoms with Crippen molar-refractivity contribution >= 4 is 11.0 Å². The first-order chi connectivity index (χ1) is 7.22. The van der Waals surface area contributed by atoms with Gasteiger partial charge in [0.1, 0.15) is 5.58 Å². The fourth-order valence-corrected chi connectivity index (χ4v) is 1.63. The van der Waals surface area contributed by atoms with Gasteiger partial charge in [0, 0.05) is 11.5 Å². The molecule has 0 aliphatic carbocycles. The van der Waals surface area contributed by atoms with Crippen LogP contribution in [0.25, 0.3) is 11.0 Å². The summed E-state index contributed by atoms with van der Waals surface area (Å²) >= 11 is 0. The lowest BCUT2D eigenvalue weighted by atomic mass is 9.99. The van der Waals surface area contributed by atoms with Crippen LogP contribution in [0.3, 0.4) is 0 Å². The van der Waals surface area contributed by atoms with E-state index in [0.29, 0.717) is 12.1 Å². The van der Waals surface area contributed by atoms with Gasteiger partial charge >= 0.3 is 5.63 Å². The third-order valence-corrected chi connectivity index (χ3v) is 2.56. The molecule has 0 spiro atoms. The Kier molecular flexibility index (Phi) is 2.56. The lowest BCUT2D eigenvalue weighted by Crippen LogP contribution is -2.09. The number of benzene rings is 1. The predicted molar refractivity (Wildman–Crippen MR) is 60.0 cm³/mol. The van der Waals surface area contributed by atoms with E-state index >= 15 is 0 Å². The fourth-order valence-electron chi connectivity index (χ4n) is 1.63. The van der Waals surface area contributed by atoms with Gasteiger partial charge in [0.15, 0.2) is 0 Å². The molecule has 0 radical (unpaired) electrons. The normalized spacial score (nSPS) is 12.9. The molecule has 1 atom stereocenters. The van der Waals surface area contributed by atoms with Crippen LogP contribution in [-0.4, -0.2) is 6.54 Å². The molecule has 1 unspecified atom stereocenters. The Hall–Kier alpha value is -1.61. The van der Waals surface area contributed by atoms with Gasteiger partial charge in [-0.15, -0.1) is 0 Å². The van der Waals surface area contributed by atoms with Crippen LogP contribution in [0, 0.1) is 0 Å². The maximum absolute atomic E-state index is 11.1. The molecule has 2 aromatic rings. The minimum absolute atomic E-state index is 0.194. The van der Waals surface area contributed by atoms with Gasteiger partial charge in [-0.2, -0.15) is 0 Å². The molecule has 0 saturated carbocycles. The highest BCUT2D eigenvalue weighted by Crippen LogP contribution is 2.23. The summed E-state index contributed by atoms with van der Waals surface area (Å²) in [6, 6.07) is 9.02. The van der Waals surface area contributed by atoms with Gasteiger partial charge in [-0.3, -0.25) is 0 Å². The predicted octanol–water partition coefficient (Wildman–Crippen LogP) is 1.86. The molecule has 3 nitrogen and oxygen atoms in total. The van der Waals surface area contributed by atoms with Crippen LogP contribution >= 0.6 is 0 Å². The van der Waals surface area contributed by atoms with E-state index in [1.54, 1.807) is 6.07 Å². The molecule has 0 saturated heterocycles. The summed E-state index contributed by atoms with van der Waals surface area (Å²) in [5.74, 6) is 0.194. The number of hydrogen-bond donors (Lipinski definition) is 1. The molecule has 0 aliphatic heterocycles. The van der Waals surface area contributed by atoms with Gasteiger partial charge in [0.05, 0.1) is 0 Å². The van der Waals surface area contributed by atoms with Crippen LogP contribution in [0.4, 0.5) is 0 Å². The molecule has 0 aliphatic rings. The third-order valence-electron chi connectivity index (χ3n) is 2.56. The average molecular weight is 203 g/mol. The van der Waals surface area contributed by atoms with E-state index in [0.717, 1.165) is 10.9 Å². The van der Waals surface area contributed by atoms with Crippen molar-refractivity contribution in [3.63, 3.8) is 0 Å². The van der Waals surface area contributed by atoms with Gasteiger partial charge in [0.25, 0.3) is 0 Å². The number of nitrogens with two attached hydrogens (primary N) is 1. The molecule has 2 N–H and O–H groups in total. The first-order valence-corrected chi connectivity index (χ1v) is 4.95. The molecule has 1 aromatic heterocycles. The highest BCUT2D eigenvalue weighted by atomic mass is 16.4. The van der Waals surface area contributed by atoms with E-state index in [2.05, 4.69) is 0 Å². The summed E-state index contributed by atoms with van der Waals surface area (Å²) in [5, 5.41) is 0.937. The van der Waals surface area contributed by atoms with E-state index < -0.39 is 0 Å². The zero-order chi connectivity index (χ0) is 10.8. The standard InChI is InChI=1S/C12H13NO2/c1-8(7-13)10-4-2-3-9-5-6-11(14)15-12(9)10/h2-6,8H,7,13H2,1H3. The summed E-state index contributed by atoms with van der Waals surface area (Å²) in [4.78, 5) is 11.1. The highest BCUT2D eigenvalue weighted by Gasteiger charge is 2.09. The second kappa shape index (κ2) is 3.87. The van der Waals surface area contributed by atoms with E-state index in [4.69, 9.17) is 10.2 Å². The molecular weight excluding hydrogens is 190 g/mol. The summed E-state index contributed by atoms with van der Waals surface area (Å²) in [6.07, 6.45) is 0. The summed E-state index contributed by atoms with van der Waals surface area (Å²) in [7, 11) is 0. The van der Waals surface area contributed by atoms with Crippen LogP contribution < -0.4 is 11.4 Å². The van der Waals surface area contributed by atoms with Crippen molar-refractivity contribution in [3.8, 4) is 0 Å². The second-order valence-electron chi connectivity index (χ2n) is 3.66. The Labute approximate surface area is 87.5 Å². The van der Waals surface area contributed by atoms with Crippen LogP contribution in [0.2, 0.25) is 0 Å². The van der Waals surface area contributed by atoms with Gasteiger partial charge < -0.3 is 10.2 Å². The quantitative estimate of drug-likeness (QED) is 0.758. The van der Waals surface area contributed by atoms with Crippen molar-refractivity contribution in [1.29, 1.82) is 0 Å². The molecule has 0 bridgehead atoms. The monoisotopic (exact) mass is 203 g/mol. The topological polar surface area (TPSA) is 56.2 Å². The van der Waals surface area contributed by atoms with Gasteiger partial charge in [0.2, 0.25) is 0 Å². The van der Waals surface area contributed by atoms with E-state index in [1.807, 2.05) is 25.1 Å². The van der Waals surface area contributed by atoms with Gasteiger partial charge in [-0.25, -0.2) is 4.79 Å². The maximum Gasteiger partial charge on any atom is 0.336 e. The molecule has 78 valence electrons. The third kappa shape index (κ3) is 1.78. The average Bonchev–Trinajstić information content (AvgIpc) is 2.27. The smallest absolute Gasteiger partial charge is 0.336 e. The molecule has 1 heterocycles. The zero-order valence-corrected chi connectivity index (χ0v) is 8.57. The molecule has 3 heteroatoms. The van der Waals surface area contributed by atoms with Crippen LogP contribution in [-0.2, 0) is 0 Å². The number of fused-ring (bicyclic) bond motifs is 1. The van der Waals surface area contributed by atoms with Crippen molar-refractivity contribution in [1.82, 2.24) is 0 Å². The number of rotatable bonds is 2. The maximum atomic E-state index is 11.1. The van der Waals surface area contributed by atoms with Crippen molar-refractivity contribution in [2.45, 2.75) is 12.8 Å². The Morgan fingerprint density at radius 3 is 2.87 bits per heavy atom. The zero-order valence-electron chi connectivity index (χ0n) is 8.57. The molecule has 0 fully saturated rings. The number of para-hydroxylation sites is 1. The van der Waals surface area contributed by atoms with Crippen molar-refractivity contribution in [2.24, 2.45) is 5.73 Å². The first kappa shape index (κ1) is 9.93. The van der Waals surface area contributed by atoms with Crippen molar-refractivity contribution < 1.29 is 4.42 Å². The molecular formula is C12H13NO2. The summed E-state index contributed by atoms with van der Waals surface area (Å²) in [6.45, 7) is 2.56. The SMILES string of the molecule is CC(CN)c1cccc2ccc(=O)oc12. The van der Waals surface area contributed by atoms with Gasteiger partial charge in [-0.05, 0) is 24.1 Å². The largest absolute Gasteiger partial charge is 0.422 e. The number of hydrogen-bond acceptors (Lipinski definition) is 3. The van der Waals surface area contributed by atoms with Crippen molar-refractivity contribution in [2.75, 3.05) is 6.54 Å². The Morgan fingerprint density at radius 2 is 2.13 bits per heavy atom. The molecule has 0 amide bonds. The second-order valence-corrected chi connectivity index (χ2v) is 3.66. The Balaban J connectivity index is 2.73.